The first-order valence-corrected chi connectivity index (χ1v) is 8.07. The minimum atomic E-state index is 0.212. The van der Waals surface area contributed by atoms with Crippen LogP contribution in [-0.4, -0.2) is 48.7 Å². The van der Waals surface area contributed by atoms with Crippen LogP contribution in [0.2, 0.25) is 0 Å². The maximum absolute atomic E-state index is 12.6. The lowest BCUT2D eigenvalue weighted by molar-refractivity contribution is -0.139. The molecule has 0 atom stereocenters. The fraction of sp³-hybridized carbons (Fsp3) is 0.588. The van der Waals surface area contributed by atoms with E-state index in [0.717, 1.165) is 43.7 Å². The van der Waals surface area contributed by atoms with E-state index >= 15 is 0 Å². The summed E-state index contributed by atoms with van der Waals surface area (Å²) in [6.07, 6.45) is 3.80. The van der Waals surface area contributed by atoms with Gasteiger partial charge in [0.25, 0.3) is 0 Å². The van der Waals surface area contributed by atoms with Crippen molar-refractivity contribution in [3.63, 3.8) is 0 Å². The van der Waals surface area contributed by atoms with Crippen molar-refractivity contribution in [3.05, 3.63) is 29.8 Å². The highest BCUT2D eigenvalue weighted by molar-refractivity contribution is 5.77. The fourth-order valence-corrected chi connectivity index (χ4v) is 2.86. The van der Waals surface area contributed by atoms with E-state index in [9.17, 15) is 4.79 Å². The first-order chi connectivity index (χ1) is 10.8. The van der Waals surface area contributed by atoms with Crippen LogP contribution in [0.3, 0.4) is 0 Å². The van der Waals surface area contributed by atoms with Crippen LogP contribution in [0.25, 0.3) is 0 Å². The van der Waals surface area contributed by atoms with Crippen molar-refractivity contribution in [1.29, 1.82) is 0 Å². The molecule has 0 unspecified atom stereocenters. The minimum absolute atomic E-state index is 0.212. The molecule has 1 aliphatic heterocycles. The van der Waals surface area contributed by atoms with Crippen molar-refractivity contribution in [1.82, 2.24) is 9.96 Å². The molecule has 1 aliphatic carbocycles. The monoisotopic (exact) mass is 304 g/mol. The van der Waals surface area contributed by atoms with Crippen LogP contribution >= 0.6 is 0 Å². The molecule has 0 bridgehead atoms. The van der Waals surface area contributed by atoms with E-state index in [1.807, 2.05) is 34.2 Å². The van der Waals surface area contributed by atoms with E-state index in [-0.39, 0.29) is 5.91 Å². The number of nitrogens with zero attached hydrogens (tertiary/aromatic N) is 2. The van der Waals surface area contributed by atoms with E-state index in [1.54, 1.807) is 7.11 Å². The third kappa shape index (κ3) is 3.78. The number of benzene rings is 1. The smallest absolute Gasteiger partial charge is 0.224 e. The molecule has 0 spiro atoms. The van der Waals surface area contributed by atoms with E-state index in [2.05, 4.69) is 0 Å². The molecule has 1 saturated heterocycles. The number of ether oxygens (including phenoxy) is 1. The summed E-state index contributed by atoms with van der Waals surface area (Å²) in [4.78, 5) is 20.1. The van der Waals surface area contributed by atoms with E-state index in [4.69, 9.17) is 9.57 Å². The van der Waals surface area contributed by atoms with Crippen LogP contribution < -0.4 is 4.74 Å². The zero-order valence-corrected chi connectivity index (χ0v) is 13.2. The second-order valence-corrected chi connectivity index (χ2v) is 5.93. The number of hydroxylamine groups is 2. The minimum Gasteiger partial charge on any atom is -0.496 e. The van der Waals surface area contributed by atoms with E-state index in [1.165, 1.54) is 0 Å². The molecule has 5 heteroatoms. The molecular formula is C17H24N2O3. The maximum atomic E-state index is 12.6. The Morgan fingerprint density at radius 2 is 2.23 bits per heavy atom. The fourth-order valence-electron chi connectivity index (χ4n) is 2.86. The zero-order valence-electron chi connectivity index (χ0n) is 13.2. The highest BCUT2D eigenvalue weighted by atomic mass is 16.7. The number of rotatable bonds is 7. The van der Waals surface area contributed by atoms with Gasteiger partial charge in [-0.15, -0.1) is 0 Å². The van der Waals surface area contributed by atoms with Gasteiger partial charge < -0.3 is 9.64 Å². The third-order valence-corrected chi connectivity index (χ3v) is 4.24. The van der Waals surface area contributed by atoms with Crippen LogP contribution in [0.4, 0.5) is 0 Å². The molecular weight excluding hydrogens is 280 g/mol. The molecule has 5 nitrogen and oxygen atoms in total. The van der Waals surface area contributed by atoms with Crippen molar-refractivity contribution in [3.8, 4) is 5.75 Å². The Kier molecular flexibility index (Phi) is 4.95. The number of methoxy groups -OCH3 is 1. The lowest BCUT2D eigenvalue weighted by Gasteiger charge is -2.24. The summed E-state index contributed by atoms with van der Waals surface area (Å²) in [5.74, 6) is 1.06. The molecule has 1 aromatic rings. The normalized spacial score (nSPS) is 18.4. The molecule has 3 rings (SSSR count). The van der Waals surface area contributed by atoms with Gasteiger partial charge in [0.1, 0.15) is 5.75 Å². The van der Waals surface area contributed by atoms with Crippen LogP contribution in [-0.2, 0) is 16.2 Å². The van der Waals surface area contributed by atoms with Crippen molar-refractivity contribution in [2.24, 2.45) is 0 Å². The predicted molar refractivity (Wildman–Crippen MR) is 83.3 cm³/mol. The molecule has 1 saturated carbocycles. The standard InChI is InChI=1S/C17H24N2O3/c1-21-16-6-3-2-5-14(16)13-19(15-7-8-15)17(20)9-11-18-10-4-12-22-18/h2-3,5-6,15H,4,7-13H2,1H3. The van der Waals surface area contributed by atoms with Crippen LogP contribution in [0.1, 0.15) is 31.2 Å². The van der Waals surface area contributed by atoms with Gasteiger partial charge in [0.05, 0.1) is 13.7 Å². The summed E-state index contributed by atoms with van der Waals surface area (Å²) in [7, 11) is 1.67. The first kappa shape index (κ1) is 15.3. The molecule has 0 radical (unpaired) electrons. The van der Waals surface area contributed by atoms with Crippen LogP contribution in [0.5, 0.6) is 5.75 Å². The molecule has 0 N–H and O–H groups in total. The predicted octanol–water partition coefficient (Wildman–Crippen LogP) is 2.21. The highest BCUT2D eigenvalue weighted by Crippen LogP contribution is 2.31. The SMILES string of the molecule is COc1ccccc1CN(C(=O)CCN1CCCO1)C1CC1. The molecule has 2 aliphatic rings. The second-order valence-electron chi connectivity index (χ2n) is 5.93. The molecule has 2 fully saturated rings. The molecule has 1 amide bonds. The van der Waals surface area contributed by atoms with Crippen molar-refractivity contribution >= 4 is 5.91 Å². The Morgan fingerprint density at radius 1 is 1.41 bits per heavy atom. The summed E-state index contributed by atoms with van der Waals surface area (Å²) in [5.41, 5.74) is 1.07. The number of para-hydroxylation sites is 1. The van der Waals surface area contributed by atoms with Crippen LogP contribution in [0.15, 0.2) is 24.3 Å². The quantitative estimate of drug-likeness (QED) is 0.774. The Balaban J connectivity index is 1.60. The van der Waals surface area contributed by atoms with E-state index in [0.29, 0.717) is 25.6 Å². The summed E-state index contributed by atoms with van der Waals surface area (Å²) in [6.45, 7) is 3.04. The summed E-state index contributed by atoms with van der Waals surface area (Å²) < 4.78 is 5.40. The van der Waals surface area contributed by atoms with Gasteiger partial charge in [0, 0.05) is 37.7 Å². The summed E-state index contributed by atoms with van der Waals surface area (Å²) >= 11 is 0. The Labute approximate surface area is 131 Å². The maximum Gasteiger partial charge on any atom is 0.224 e. The summed E-state index contributed by atoms with van der Waals surface area (Å²) in [6, 6.07) is 8.33. The topological polar surface area (TPSA) is 42.0 Å². The lowest BCUT2D eigenvalue weighted by Crippen LogP contribution is -2.35. The molecule has 22 heavy (non-hydrogen) atoms. The second kappa shape index (κ2) is 7.11. The number of hydrogen-bond acceptors (Lipinski definition) is 4. The van der Waals surface area contributed by atoms with Gasteiger partial charge in [-0.2, -0.15) is 5.06 Å². The van der Waals surface area contributed by atoms with Crippen molar-refractivity contribution < 1.29 is 14.4 Å². The lowest BCUT2D eigenvalue weighted by atomic mass is 10.1. The van der Waals surface area contributed by atoms with Gasteiger partial charge in [-0.25, -0.2) is 0 Å². The Morgan fingerprint density at radius 3 is 2.91 bits per heavy atom. The summed E-state index contributed by atoms with van der Waals surface area (Å²) in [5, 5.41) is 1.91. The average molecular weight is 304 g/mol. The zero-order chi connectivity index (χ0) is 15.4. The number of carbonyl (C=O) groups is 1. The van der Waals surface area contributed by atoms with Gasteiger partial charge in [0.15, 0.2) is 0 Å². The van der Waals surface area contributed by atoms with Gasteiger partial charge in [-0.3, -0.25) is 9.63 Å². The molecule has 0 aromatic heterocycles. The largest absolute Gasteiger partial charge is 0.496 e. The van der Waals surface area contributed by atoms with Gasteiger partial charge >= 0.3 is 0 Å². The highest BCUT2D eigenvalue weighted by Gasteiger charge is 2.33. The van der Waals surface area contributed by atoms with Gasteiger partial charge in [0.2, 0.25) is 5.91 Å². The number of amides is 1. The Hall–Kier alpha value is -1.59. The van der Waals surface area contributed by atoms with Crippen molar-refractivity contribution in [2.45, 2.75) is 38.3 Å². The molecule has 1 heterocycles. The van der Waals surface area contributed by atoms with E-state index < -0.39 is 0 Å². The molecule has 1 aromatic carbocycles. The van der Waals surface area contributed by atoms with Crippen molar-refractivity contribution in [2.75, 3.05) is 26.8 Å². The number of carbonyl (C=O) groups excluding carboxylic acids is 1. The number of hydrogen-bond donors (Lipinski definition) is 0. The third-order valence-electron chi connectivity index (χ3n) is 4.24. The first-order valence-electron chi connectivity index (χ1n) is 8.07. The van der Waals surface area contributed by atoms with Crippen LogP contribution in [0, 0.1) is 0 Å². The van der Waals surface area contributed by atoms with Gasteiger partial charge in [-0.05, 0) is 25.3 Å². The average Bonchev–Trinajstić information content (AvgIpc) is 3.25. The Bertz CT molecular complexity index is 510. The molecule has 120 valence electrons. The van der Waals surface area contributed by atoms with Gasteiger partial charge in [-0.1, -0.05) is 18.2 Å².